The number of nitrogens with zero attached hydrogens (tertiary/aromatic N) is 2. The zero-order valence-corrected chi connectivity index (χ0v) is 11.4. The second-order valence-corrected chi connectivity index (χ2v) is 3.38. The molecule has 94 valence electrons. The van der Waals surface area contributed by atoms with Crippen LogP contribution in [0, 0.1) is 13.8 Å². The Morgan fingerprint density at radius 1 is 1.24 bits per heavy atom. The average Bonchev–Trinajstić information content (AvgIpc) is 2.54. The van der Waals surface area contributed by atoms with E-state index in [9.17, 15) is 4.79 Å². The van der Waals surface area contributed by atoms with E-state index in [1.54, 1.807) is 22.9 Å². The van der Waals surface area contributed by atoms with Crippen molar-refractivity contribution in [3.05, 3.63) is 53.0 Å². The minimum absolute atomic E-state index is 0.0111. The molecule has 0 aliphatic carbocycles. The maximum absolute atomic E-state index is 11.9. The van der Waals surface area contributed by atoms with Crippen LogP contribution in [0.5, 0.6) is 0 Å². The van der Waals surface area contributed by atoms with Crippen molar-refractivity contribution in [3.63, 3.8) is 0 Å². The molecule has 0 saturated heterocycles. The van der Waals surface area contributed by atoms with Gasteiger partial charge in [-0.2, -0.15) is 0 Å². The van der Waals surface area contributed by atoms with Gasteiger partial charge in [0.1, 0.15) is 0 Å². The maximum Gasteiger partial charge on any atom is 0.274 e. The van der Waals surface area contributed by atoms with Gasteiger partial charge in [-0.1, -0.05) is 33.1 Å². The fourth-order valence-electron chi connectivity index (χ4n) is 1.48. The Hall–Kier alpha value is -1.77. The number of hydrogen-bond donors (Lipinski definition) is 0. The molecule has 0 bridgehead atoms. The third kappa shape index (κ3) is 2.87. The molecule has 0 saturated carbocycles. The van der Waals surface area contributed by atoms with Crippen LogP contribution in [0.25, 0.3) is 5.70 Å². The zero-order chi connectivity index (χ0) is 13.6. The first-order valence-corrected chi connectivity index (χ1v) is 5.75. The molecule has 3 heteroatoms. The molecule has 1 heterocycles. The number of aromatic nitrogens is 2. The molecule has 3 nitrogen and oxygen atoms in total. The Balaban J connectivity index is 0.00000121. The average molecular weight is 234 g/mol. The van der Waals surface area contributed by atoms with Crippen LogP contribution in [0.4, 0.5) is 0 Å². The summed E-state index contributed by atoms with van der Waals surface area (Å²) in [6.07, 6.45) is 5.04. The molecule has 0 aliphatic rings. The number of rotatable bonds is 3. The molecule has 1 rings (SSSR count). The molecule has 0 fully saturated rings. The van der Waals surface area contributed by atoms with Crippen molar-refractivity contribution < 1.29 is 0 Å². The third-order valence-electron chi connectivity index (χ3n) is 2.58. The van der Waals surface area contributed by atoms with Crippen molar-refractivity contribution in [2.24, 2.45) is 7.05 Å². The van der Waals surface area contributed by atoms with Crippen LogP contribution in [0.15, 0.2) is 36.2 Å². The van der Waals surface area contributed by atoms with E-state index in [-0.39, 0.29) is 5.56 Å². The van der Waals surface area contributed by atoms with Crippen molar-refractivity contribution in [3.8, 4) is 0 Å². The topological polar surface area (TPSA) is 26.9 Å². The summed E-state index contributed by atoms with van der Waals surface area (Å²) >= 11 is 0. The summed E-state index contributed by atoms with van der Waals surface area (Å²) in [4.78, 5) is 11.9. The van der Waals surface area contributed by atoms with Gasteiger partial charge in [0.05, 0.1) is 5.70 Å². The highest BCUT2D eigenvalue weighted by Gasteiger charge is 2.11. The zero-order valence-electron chi connectivity index (χ0n) is 11.4. The lowest BCUT2D eigenvalue weighted by Gasteiger charge is -2.08. The van der Waals surface area contributed by atoms with Gasteiger partial charge in [-0.3, -0.25) is 9.48 Å². The third-order valence-corrected chi connectivity index (χ3v) is 2.58. The molecule has 1 aromatic heterocycles. The van der Waals surface area contributed by atoms with Crippen molar-refractivity contribution in [1.82, 2.24) is 9.36 Å². The molecule has 0 N–H and O–H groups in total. The summed E-state index contributed by atoms with van der Waals surface area (Å²) in [5.41, 5.74) is 2.43. The van der Waals surface area contributed by atoms with Gasteiger partial charge in [-0.25, -0.2) is 4.68 Å². The molecule has 0 aromatic carbocycles. The van der Waals surface area contributed by atoms with Gasteiger partial charge in [0.25, 0.3) is 5.56 Å². The smallest absolute Gasteiger partial charge is 0.274 e. The van der Waals surface area contributed by atoms with E-state index in [0.717, 1.165) is 17.0 Å². The van der Waals surface area contributed by atoms with E-state index >= 15 is 0 Å². The molecular weight excluding hydrogens is 212 g/mol. The predicted molar refractivity (Wildman–Crippen MR) is 75.2 cm³/mol. The molecule has 0 spiro atoms. The normalized spacial score (nSPS) is 10.5. The fourth-order valence-corrected chi connectivity index (χ4v) is 1.48. The van der Waals surface area contributed by atoms with Gasteiger partial charge >= 0.3 is 0 Å². The molecule has 17 heavy (non-hydrogen) atoms. The van der Waals surface area contributed by atoms with Gasteiger partial charge in [-0.05, 0) is 26.0 Å². The van der Waals surface area contributed by atoms with E-state index in [4.69, 9.17) is 0 Å². The summed E-state index contributed by atoms with van der Waals surface area (Å²) in [5.74, 6) is 0. The summed E-state index contributed by atoms with van der Waals surface area (Å²) < 4.78 is 3.40. The highest BCUT2D eigenvalue weighted by molar-refractivity contribution is 5.57. The van der Waals surface area contributed by atoms with Crippen LogP contribution in [-0.4, -0.2) is 9.36 Å². The van der Waals surface area contributed by atoms with Crippen molar-refractivity contribution in [2.75, 3.05) is 0 Å². The first-order valence-electron chi connectivity index (χ1n) is 5.75. The number of allylic oxidation sites excluding steroid dienone is 4. The Labute approximate surface area is 103 Å². The largest absolute Gasteiger partial charge is 0.285 e. The molecule has 0 unspecified atom stereocenters. The second kappa shape index (κ2) is 6.74. The summed E-state index contributed by atoms with van der Waals surface area (Å²) in [7, 11) is 1.85. The van der Waals surface area contributed by atoms with Crippen LogP contribution in [0.1, 0.15) is 25.1 Å². The summed E-state index contributed by atoms with van der Waals surface area (Å²) in [5, 5.41) is 0. The fraction of sp³-hybridized carbons (Fsp3) is 0.357. The SMILES string of the molecule is C=C/C=C(\C=C)n1c(=O)c(C)c(C)n1C.CC. The maximum atomic E-state index is 11.9. The van der Waals surface area contributed by atoms with E-state index in [1.165, 1.54) is 0 Å². The molecule has 0 radical (unpaired) electrons. The van der Waals surface area contributed by atoms with Gasteiger partial charge in [0.15, 0.2) is 0 Å². The lowest BCUT2D eigenvalue weighted by Crippen LogP contribution is -2.20. The van der Waals surface area contributed by atoms with Crippen molar-refractivity contribution in [2.45, 2.75) is 27.7 Å². The lowest BCUT2D eigenvalue weighted by molar-refractivity contribution is 0.644. The molecule has 0 amide bonds. The Morgan fingerprint density at radius 2 is 1.76 bits per heavy atom. The Kier molecular flexibility index (Phi) is 6.03. The molecular formula is C14H22N2O. The van der Waals surface area contributed by atoms with Gasteiger partial charge in [0, 0.05) is 18.3 Å². The first-order chi connectivity index (χ1) is 8.04. The second-order valence-electron chi connectivity index (χ2n) is 3.38. The minimum atomic E-state index is -0.0111. The molecule has 1 aromatic rings. The first kappa shape index (κ1) is 15.2. The predicted octanol–water partition coefficient (Wildman–Crippen LogP) is 3.04. The van der Waals surface area contributed by atoms with Gasteiger partial charge in [-0.15, -0.1) is 0 Å². The van der Waals surface area contributed by atoms with Gasteiger partial charge in [0.2, 0.25) is 0 Å². The highest BCUT2D eigenvalue weighted by atomic mass is 16.1. The van der Waals surface area contributed by atoms with Gasteiger partial charge < -0.3 is 0 Å². The quantitative estimate of drug-likeness (QED) is 0.738. The van der Waals surface area contributed by atoms with E-state index in [1.807, 2.05) is 39.4 Å². The number of hydrogen-bond acceptors (Lipinski definition) is 1. The summed E-state index contributed by atoms with van der Waals surface area (Å²) in [6.45, 7) is 15.0. The molecule has 0 atom stereocenters. The van der Waals surface area contributed by atoms with E-state index in [2.05, 4.69) is 13.2 Å². The van der Waals surface area contributed by atoms with E-state index in [0.29, 0.717) is 0 Å². The standard InChI is InChI=1S/C12H16N2O.C2H6/c1-6-8-11(7-2)14-12(15)9(3)10(4)13(14)5;1-2/h6-8H,1-2H2,3-5H3;1-2H3/b11-8+;. The van der Waals surface area contributed by atoms with Crippen LogP contribution >= 0.6 is 0 Å². The van der Waals surface area contributed by atoms with Crippen LogP contribution < -0.4 is 5.56 Å². The molecule has 0 aliphatic heterocycles. The summed E-state index contributed by atoms with van der Waals surface area (Å²) in [6, 6.07) is 0. The van der Waals surface area contributed by atoms with Crippen LogP contribution in [0.3, 0.4) is 0 Å². The Bertz CT molecular complexity index is 487. The van der Waals surface area contributed by atoms with Crippen molar-refractivity contribution >= 4 is 5.70 Å². The minimum Gasteiger partial charge on any atom is -0.285 e. The van der Waals surface area contributed by atoms with E-state index < -0.39 is 0 Å². The van der Waals surface area contributed by atoms with Crippen LogP contribution in [-0.2, 0) is 7.05 Å². The van der Waals surface area contributed by atoms with Crippen molar-refractivity contribution in [1.29, 1.82) is 0 Å². The highest BCUT2D eigenvalue weighted by Crippen LogP contribution is 2.08. The Morgan fingerprint density at radius 3 is 2.06 bits per heavy atom. The van der Waals surface area contributed by atoms with Crippen LogP contribution in [0.2, 0.25) is 0 Å². The monoisotopic (exact) mass is 234 g/mol. The lowest BCUT2D eigenvalue weighted by atomic mass is 10.3.